The summed E-state index contributed by atoms with van der Waals surface area (Å²) in [6, 6.07) is 4.29. The molecule has 18 heavy (non-hydrogen) atoms. The Labute approximate surface area is 112 Å². The highest BCUT2D eigenvalue weighted by atomic mass is 79.9. The molecule has 1 aromatic carbocycles. The summed E-state index contributed by atoms with van der Waals surface area (Å²) < 4.78 is 40.2. The van der Waals surface area contributed by atoms with Crippen LogP contribution in [0.4, 0.5) is 18.9 Å². The molecule has 1 rings (SSSR count). The second kappa shape index (κ2) is 6.55. The van der Waals surface area contributed by atoms with Gasteiger partial charge in [0.25, 0.3) is 0 Å². The normalized spacial score (nSPS) is 10.8. The van der Waals surface area contributed by atoms with Crippen LogP contribution in [-0.4, -0.2) is 12.9 Å². The molecule has 0 saturated carbocycles. The van der Waals surface area contributed by atoms with Crippen molar-refractivity contribution in [3.63, 3.8) is 0 Å². The van der Waals surface area contributed by atoms with E-state index in [0.29, 0.717) is 18.7 Å². The molecular formula is C12H11BrF3NO. The van der Waals surface area contributed by atoms with Crippen molar-refractivity contribution in [3.8, 4) is 18.1 Å². The Bertz CT molecular complexity index is 440. The highest BCUT2D eigenvalue weighted by Gasteiger charge is 2.31. The van der Waals surface area contributed by atoms with E-state index in [-0.39, 0.29) is 10.2 Å². The number of unbranched alkanes of at least 4 members (excludes halogenated alkanes) is 1. The van der Waals surface area contributed by atoms with Crippen LogP contribution >= 0.6 is 15.9 Å². The smallest absolute Gasteiger partial charge is 0.405 e. The number of anilines is 1. The van der Waals surface area contributed by atoms with Crippen LogP contribution in [0.15, 0.2) is 22.7 Å². The van der Waals surface area contributed by atoms with E-state index < -0.39 is 6.36 Å². The first kappa shape index (κ1) is 14.7. The third kappa shape index (κ3) is 5.32. The molecule has 98 valence electrons. The average molecular weight is 322 g/mol. The monoisotopic (exact) mass is 321 g/mol. The van der Waals surface area contributed by atoms with Gasteiger partial charge in [0.15, 0.2) is 0 Å². The standard InChI is InChI=1S/C12H11BrF3NO/c1-2-3-4-7-17-9-5-6-11(10(13)8-9)18-12(14,15)16/h1,5-6,8,17H,3-4,7H2. The van der Waals surface area contributed by atoms with Crippen LogP contribution < -0.4 is 10.1 Å². The van der Waals surface area contributed by atoms with E-state index in [9.17, 15) is 13.2 Å². The lowest BCUT2D eigenvalue weighted by Gasteiger charge is -2.12. The number of ether oxygens (including phenoxy) is 1. The van der Waals surface area contributed by atoms with Crippen LogP contribution in [0.1, 0.15) is 12.8 Å². The van der Waals surface area contributed by atoms with E-state index in [0.717, 1.165) is 6.42 Å². The number of alkyl halides is 3. The third-order valence-corrected chi connectivity index (χ3v) is 2.60. The van der Waals surface area contributed by atoms with Gasteiger partial charge in [-0.15, -0.1) is 25.5 Å². The van der Waals surface area contributed by atoms with Crippen molar-refractivity contribution in [1.82, 2.24) is 0 Å². The van der Waals surface area contributed by atoms with Gasteiger partial charge in [0.05, 0.1) is 4.47 Å². The highest BCUT2D eigenvalue weighted by Crippen LogP contribution is 2.32. The summed E-state index contributed by atoms with van der Waals surface area (Å²) in [6.45, 7) is 0.663. The molecular weight excluding hydrogens is 311 g/mol. The zero-order chi connectivity index (χ0) is 13.6. The Morgan fingerprint density at radius 1 is 1.39 bits per heavy atom. The second-order valence-corrected chi connectivity index (χ2v) is 4.28. The molecule has 0 radical (unpaired) electrons. The van der Waals surface area contributed by atoms with Crippen molar-refractivity contribution >= 4 is 21.6 Å². The molecule has 0 saturated heterocycles. The Balaban J connectivity index is 2.60. The van der Waals surface area contributed by atoms with Gasteiger partial charge in [-0.05, 0) is 40.5 Å². The van der Waals surface area contributed by atoms with Crippen molar-refractivity contribution in [2.24, 2.45) is 0 Å². The lowest BCUT2D eigenvalue weighted by atomic mass is 10.2. The Hall–Kier alpha value is -1.35. The molecule has 0 heterocycles. The topological polar surface area (TPSA) is 21.3 Å². The van der Waals surface area contributed by atoms with Crippen molar-refractivity contribution in [2.75, 3.05) is 11.9 Å². The lowest BCUT2D eigenvalue weighted by Crippen LogP contribution is -2.17. The molecule has 2 nitrogen and oxygen atoms in total. The summed E-state index contributed by atoms with van der Waals surface area (Å²) >= 11 is 3.03. The van der Waals surface area contributed by atoms with Crippen LogP contribution in [0.25, 0.3) is 0 Å². The molecule has 0 aliphatic carbocycles. The van der Waals surface area contributed by atoms with Crippen molar-refractivity contribution in [2.45, 2.75) is 19.2 Å². The summed E-state index contributed by atoms with van der Waals surface area (Å²) in [7, 11) is 0. The Kier molecular flexibility index (Phi) is 5.35. The quantitative estimate of drug-likeness (QED) is 0.649. The first-order valence-electron chi connectivity index (χ1n) is 5.15. The van der Waals surface area contributed by atoms with Gasteiger partial charge in [-0.2, -0.15) is 0 Å². The minimum atomic E-state index is -4.69. The summed E-state index contributed by atoms with van der Waals surface area (Å²) in [5.74, 6) is 2.24. The van der Waals surface area contributed by atoms with Crippen LogP contribution in [0.3, 0.4) is 0 Å². The molecule has 0 aliphatic heterocycles. The molecule has 6 heteroatoms. The molecule has 0 bridgehead atoms. The van der Waals surface area contributed by atoms with E-state index in [1.807, 2.05) is 0 Å². The first-order valence-corrected chi connectivity index (χ1v) is 5.94. The van der Waals surface area contributed by atoms with Gasteiger partial charge >= 0.3 is 6.36 Å². The molecule has 0 atom stereocenters. The maximum absolute atomic E-state index is 12.0. The van der Waals surface area contributed by atoms with Crippen molar-refractivity contribution in [1.29, 1.82) is 0 Å². The summed E-state index contributed by atoms with van der Waals surface area (Å²) in [5, 5.41) is 3.05. The lowest BCUT2D eigenvalue weighted by molar-refractivity contribution is -0.274. The van der Waals surface area contributed by atoms with Gasteiger partial charge in [0, 0.05) is 18.7 Å². The number of hydrogen-bond donors (Lipinski definition) is 1. The number of rotatable bonds is 5. The number of halogens is 4. The van der Waals surface area contributed by atoms with Crippen molar-refractivity contribution < 1.29 is 17.9 Å². The molecule has 0 fully saturated rings. The van der Waals surface area contributed by atoms with Gasteiger partial charge in [0.1, 0.15) is 5.75 Å². The molecule has 0 spiro atoms. The van der Waals surface area contributed by atoms with Gasteiger partial charge in [-0.3, -0.25) is 0 Å². The zero-order valence-corrected chi connectivity index (χ0v) is 10.9. The van der Waals surface area contributed by atoms with E-state index in [1.165, 1.54) is 18.2 Å². The van der Waals surface area contributed by atoms with Crippen LogP contribution in [0.2, 0.25) is 0 Å². The molecule has 0 amide bonds. The molecule has 0 aliphatic rings. The van der Waals surface area contributed by atoms with E-state index in [2.05, 4.69) is 31.9 Å². The number of terminal acetylenes is 1. The van der Waals surface area contributed by atoms with Gasteiger partial charge in [-0.1, -0.05) is 0 Å². The predicted molar refractivity (Wildman–Crippen MR) is 67.4 cm³/mol. The predicted octanol–water partition coefficient (Wildman–Crippen LogP) is 4.17. The number of nitrogens with one attached hydrogen (secondary N) is 1. The SMILES string of the molecule is C#CCCCNc1ccc(OC(F)(F)F)c(Br)c1. The average Bonchev–Trinajstić information content (AvgIpc) is 2.26. The van der Waals surface area contributed by atoms with Crippen LogP contribution in [0.5, 0.6) is 5.75 Å². The number of benzene rings is 1. The largest absolute Gasteiger partial charge is 0.573 e. The van der Waals surface area contributed by atoms with Gasteiger partial charge < -0.3 is 10.1 Å². The summed E-state index contributed by atoms with van der Waals surface area (Å²) in [5.41, 5.74) is 0.702. The minimum Gasteiger partial charge on any atom is -0.405 e. The van der Waals surface area contributed by atoms with Crippen LogP contribution in [-0.2, 0) is 0 Å². The fourth-order valence-corrected chi connectivity index (χ4v) is 1.70. The molecule has 1 aromatic rings. The third-order valence-electron chi connectivity index (χ3n) is 1.98. The minimum absolute atomic E-state index is 0.238. The molecule has 0 aromatic heterocycles. The first-order chi connectivity index (χ1) is 8.42. The fraction of sp³-hybridized carbons (Fsp3) is 0.333. The summed E-state index contributed by atoms with van der Waals surface area (Å²) in [6.07, 6.45) is 1.87. The van der Waals surface area contributed by atoms with E-state index in [4.69, 9.17) is 6.42 Å². The van der Waals surface area contributed by atoms with Gasteiger partial charge in [-0.25, -0.2) is 0 Å². The fourth-order valence-electron chi connectivity index (χ4n) is 1.24. The molecule has 0 unspecified atom stereocenters. The summed E-state index contributed by atoms with van der Waals surface area (Å²) in [4.78, 5) is 0. The van der Waals surface area contributed by atoms with Crippen molar-refractivity contribution in [3.05, 3.63) is 22.7 Å². The number of hydrogen-bond acceptors (Lipinski definition) is 2. The van der Waals surface area contributed by atoms with E-state index >= 15 is 0 Å². The Morgan fingerprint density at radius 3 is 2.67 bits per heavy atom. The Morgan fingerprint density at radius 2 is 2.11 bits per heavy atom. The maximum atomic E-state index is 12.0. The van der Waals surface area contributed by atoms with Gasteiger partial charge in [0.2, 0.25) is 0 Å². The van der Waals surface area contributed by atoms with Crippen LogP contribution in [0, 0.1) is 12.3 Å². The second-order valence-electron chi connectivity index (χ2n) is 3.43. The maximum Gasteiger partial charge on any atom is 0.573 e. The van der Waals surface area contributed by atoms with E-state index in [1.54, 1.807) is 0 Å². The zero-order valence-electron chi connectivity index (χ0n) is 9.35. The highest BCUT2D eigenvalue weighted by molar-refractivity contribution is 9.10. The molecule has 1 N–H and O–H groups in total.